The molecule has 0 aliphatic heterocycles. The van der Waals surface area contributed by atoms with Crippen LogP contribution >= 0.6 is 36.4 Å². The highest BCUT2D eigenvalue weighted by Gasteiger charge is 2.07. The number of aromatic nitrogens is 3. The fraction of sp³-hybridized carbons (Fsp3) is 0.118. The third kappa shape index (κ3) is 5.98. The zero-order chi connectivity index (χ0) is 16.9. The zero-order valence-corrected chi connectivity index (χ0v) is 15.9. The normalized spacial score (nSPS) is 9.77. The summed E-state index contributed by atoms with van der Waals surface area (Å²) >= 11 is 5.70. The quantitative estimate of drug-likeness (QED) is 0.594. The first-order chi connectivity index (χ1) is 11.6. The highest BCUT2D eigenvalue weighted by molar-refractivity contribution is 6.28. The van der Waals surface area contributed by atoms with Crippen molar-refractivity contribution in [3.05, 3.63) is 71.0 Å². The van der Waals surface area contributed by atoms with Gasteiger partial charge in [-0.2, -0.15) is 4.98 Å². The van der Waals surface area contributed by atoms with Crippen LogP contribution in [0, 0.1) is 5.82 Å². The molecule has 2 heterocycles. The standard InChI is InChI=1S/C17H15ClFN5.2ClH/c18-17-21-10-14(19)16(24-17)23-13-5-1-3-11(9-13)7-8-12-4-2-6-15(20)22-12;;/h1-6,9-10H,7-8H2,(H2,20,22)(H,21,23,24);2*1H. The van der Waals surface area contributed by atoms with Crippen LogP contribution in [0.1, 0.15) is 11.3 Å². The van der Waals surface area contributed by atoms with Crippen molar-refractivity contribution in [3.8, 4) is 0 Å². The highest BCUT2D eigenvalue weighted by Crippen LogP contribution is 2.20. The van der Waals surface area contributed by atoms with Crippen molar-refractivity contribution < 1.29 is 4.39 Å². The summed E-state index contributed by atoms with van der Waals surface area (Å²) < 4.78 is 13.7. The first kappa shape index (κ1) is 21.9. The van der Waals surface area contributed by atoms with Gasteiger partial charge in [-0.1, -0.05) is 18.2 Å². The van der Waals surface area contributed by atoms with Crippen LogP contribution in [-0.2, 0) is 12.8 Å². The summed E-state index contributed by atoms with van der Waals surface area (Å²) in [5, 5.41) is 2.90. The van der Waals surface area contributed by atoms with E-state index in [1.165, 1.54) is 0 Å². The smallest absolute Gasteiger partial charge is 0.224 e. The Labute approximate surface area is 168 Å². The molecule has 3 rings (SSSR count). The van der Waals surface area contributed by atoms with E-state index in [9.17, 15) is 4.39 Å². The topological polar surface area (TPSA) is 76.7 Å². The maximum Gasteiger partial charge on any atom is 0.224 e. The summed E-state index contributed by atoms with van der Waals surface area (Å²) in [5.41, 5.74) is 8.43. The molecule has 0 aliphatic carbocycles. The minimum Gasteiger partial charge on any atom is -0.384 e. The number of pyridine rings is 1. The molecule has 0 unspecified atom stereocenters. The van der Waals surface area contributed by atoms with Gasteiger partial charge in [0.1, 0.15) is 5.82 Å². The lowest BCUT2D eigenvalue weighted by atomic mass is 10.1. The molecular weight excluding hydrogens is 400 g/mol. The molecular formula is C17H17Cl3FN5. The third-order valence-electron chi connectivity index (χ3n) is 3.40. The minimum absolute atomic E-state index is 0. The molecule has 0 spiro atoms. The van der Waals surface area contributed by atoms with E-state index in [1.807, 2.05) is 36.4 Å². The first-order valence-corrected chi connectivity index (χ1v) is 7.73. The molecule has 26 heavy (non-hydrogen) atoms. The van der Waals surface area contributed by atoms with Gasteiger partial charge in [-0.25, -0.2) is 14.4 Å². The van der Waals surface area contributed by atoms with E-state index in [4.69, 9.17) is 17.3 Å². The molecule has 3 N–H and O–H groups in total. The van der Waals surface area contributed by atoms with Crippen LogP contribution in [0.15, 0.2) is 48.7 Å². The van der Waals surface area contributed by atoms with E-state index in [-0.39, 0.29) is 35.9 Å². The molecule has 0 aliphatic rings. The lowest BCUT2D eigenvalue weighted by molar-refractivity contribution is 0.619. The second-order valence-electron chi connectivity index (χ2n) is 5.21. The molecule has 138 valence electrons. The Morgan fingerprint density at radius 1 is 1.04 bits per heavy atom. The van der Waals surface area contributed by atoms with Gasteiger partial charge in [0.05, 0.1) is 6.20 Å². The number of aryl methyl sites for hydroxylation is 2. The maximum atomic E-state index is 13.7. The van der Waals surface area contributed by atoms with Crippen LogP contribution in [0.3, 0.4) is 0 Å². The van der Waals surface area contributed by atoms with E-state index in [0.717, 1.165) is 36.0 Å². The van der Waals surface area contributed by atoms with Crippen molar-refractivity contribution in [2.24, 2.45) is 0 Å². The predicted octanol–water partition coefficient (Wildman–Crippen LogP) is 4.62. The van der Waals surface area contributed by atoms with E-state index < -0.39 is 5.82 Å². The largest absolute Gasteiger partial charge is 0.384 e. The number of halogens is 4. The van der Waals surface area contributed by atoms with Gasteiger partial charge in [0, 0.05) is 11.4 Å². The molecule has 0 radical (unpaired) electrons. The van der Waals surface area contributed by atoms with Crippen molar-refractivity contribution in [3.63, 3.8) is 0 Å². The summed E-state index contributed by atoms with van der Waals surface area (Å²) in [6.07, 6.45) is 2.59. The average Bonchev–Trinajstić information content (AvgIpc) is 2.57. The van der Waals surface area contributed by atoms with Gasteiger partial charge in [-0.05, 0) is 54.3 Å². The number of nitrogen functional groups attached to an aromatic ring is 1. The Balaban J connectivity index is 0.00000169. The molecule has 0 saturated heterocycles. The van der Waals surface area contributed by atoms with Crippen molar-refractivity contribution >= 4 is 53.7 Å². The second kappa shape index (κ2) is 10.1. The average molecular weight is 417 g/mol. The van der Waals surface area contributed by atoms with Crippen molar-refractivity contribution in [1.29, 1.82) is 0 Å². The van der Waals surface area contributed by atoms with E-state index in [0.29, 0.717) is 5.82 Å². The molecule has 0 bridgehead atoms. The van der Waals surface area contributed by atoms with Crippen LogP contribution in [0.4, 0.5) is 21.7 Å². The fourth-order valence-corrected chi connectivity index (χ4v) is 2.42. The predicted molar refractivity (Wildman–Crippen MR) is 107 cm³/mol. The number of hydrogen-bond donors (Lipinski definition) is 2. The number of nitrogens with two attached hydrogens (primary N) is 1. The molecule has 0 atom stereocenters. The Morgan fingerprint density at radius 3 is 2.58 bits per heavy atom. The maximum absolute atomic E-state index is 13.7. The summed E-state index contributed by atoms with van der Waals surface area (Å²) in [5.74, 6) is -0.00236. The van der Waals surface area contributed by atoms with Gasteiger partial charge in [0.15, 0.2) is 11.6 Å². The minimum atomic E-state index is -0.561. The summed E-state index contributed by atoms with van der Waals surface area (Å²) in [6.45, 7) is 0. The second-order valence-corrected chi connectivity index (χ2v) is 5.55. The van der Waals surface area contributed by atoms with Gasteiger partial charge < -0.3 is 11.1 Å². The molecule has 0 saturated carbocycles. The molecule has 0 amide bonds. The fourth-order valence-electron chi connectivity index (χ4n) is 2.28. The van der Waals surface area contributed by atoms with Gasteiger partial charge in [-0.15, -0.1) is 24.8 Å². The Hall–Kier alpha value is -2.15. The number of nitrogens with one attached hydrogen (secondary N) is 1. The van der Waals surface area contributed by atoms with Gasteiger partial charge in [0.25, 0.3) is 0 Å². The summed E-state index contributed by atoms with van der Waals surface area (Å²) in [4.78, 5) is 11.7. The Bertz CT molecular complexity index is 863. The van der Waals surface area contributed by atoms with Crippen LogP contribution < -0.4 is 11.1 Å². The number of hydrogen-bond acceptors (Lipinski definition) is 5. The van der Waals surface area contributed by atoms with Crippen LogP contribution in [-0.4, -0.2) is 15.0 Å². The summed E-state index contributed by atoms with van der Waals surface area (Å²) in [6, 6.07) is 13.2. The molecule has 1 aromatic carbocycles. The van der Waals surface area contributed by atoms with Crippen molar-refractivity contribution in [2.75, 3.05) is 11.1 Å². The number of nitrogens with zero attached hydrogens (tertiary/aromatic N) is 3. The Morgan fingerprint density at radius 2 is 1.81 bits per heavy atom. The zero-order valence-electron chi connectivity index (χ0n) is 13.5. The van der Waals surface area contributed by atoms with Gasteiger partial charge >= 0.3 is 0 Å². The molecule has 3 aromatic rings. The van der Waals surface area contributed by atoms with Crippen LogP contribution in [0.25, 0.3) is 0 Å². The van der Waals surface area contributed by atoms with Gasteiger partial charge in [0.2, 0.25) is 5.28 Å². The summed E-state index contributed by atoms with van der Waals surface area (Å²) in [7, 11) is 0. The molecule has 9 heteroatoms. The van der Waals surface area contributed by atoms with E-state index in [1.54, 1.807) is 6.07 Å². The highest BCUT2D eigenvalue weighted by atomic mass is 35.5. The number of benzene rings is 1. The molecule has 5 nitrogen and oxygen atoms in total. The first-order valence-electron chi connectivity index (χ1n) is 7.35. The molecule has 2 aromatic heterocycles. The van der Waals surface area contributed by atoms with Gasteiger partial charge in [-0.3, -0.25) is 0 Å². The monoisotopic (exact) mass is 415 g/mol. The van der Waals surface area contributed by atoms with Crippen molar-refractivity contribution in [2.45, 2.75) is 12.8 Å². The molecule has 0 fully saturated rings. The Kier molecular flexibility index (Phi) is 8.51. The third-order valence-corrected chi connectivity index (χ3v) is 3.58. The number of rotatable bonds is 5. The SMILES string of the molecule is Cl.Cl.Nc1cccc(CCc2cccc(Nc3nc(Cl)ncc3F)c2)n1. The lowest BCUT2D eigenvalue weighted by Gasteiger charge is -2.09. The van der Waals surface area contributed by atoms with Crippen LogP contribution in [0.5, 0.6) is 0 Å². The lowest BCUT2D eigenvalue weighted by Crippen LogP contribution is -2.00. The number of anilines is 3. The van der Waals surface area contributed by atoms with E-state index >= 15 is 0 Å². The van der Waals surface area contributed by atoms with Crippen molar-refractivity contribution in [1.82, 2.24) is 15.0 Å². The van der Waals surface area contributed by atoms with E-state index in [2.05, 4.69) is 20.3 Å². The van der Waals surface area contributed by atoms with Crippen LogP contribution in [0.2, 0.25) is 5.28 Å².